The van der Waals surface area contributed by atoms with E-state index >= 15 is 0 Å². The Kier molecular flexibility index (Phi) is 4.76. The maximum absolute atomic E-state index is 13.8. The highest BCUT2D eigenvalue weighted by Gasteiger charge is 2.22. The zero-order valence-corrected chi connectivity index (χ0v) is 14.1. The SMILES string of the molecule is OC(c1cc(Br)ccc1Br)c1c(F)cc(Br)cc1F. The first-order valence-electron chi connectivity index (χ1n) is 5.17. The summed E-state index contributed by atoms with van der Waals surface area (Å²) in [7, 11) is 0. The van der Waals surface area contributed by atoms with Gasteiger partial charge in [-0.2, -0.15) is 0 Å². The Balaban J connectivity index is 2.56. The summed E-state index contributed by atoms with van der Waals surface area (Å²) >= 11 is 9.52. The second-order valence-corrected chi connectivity index (χ2v) is 6.54. The number of aliphatic hydroxyl groups excluding tert-OH is 1. The van der Waals surface area contributed by atoms with Crippen LogP contribution in [0.4, 0.5) is 8.78 Å². The maximum Gasteiger partial charge on any atom is 0.133 e. The van der Waals surface area contributed by atoms with Gasteiger partial charge >= 0.3 is 0 Å². The maximum atomic E-state index is 13.8. The summed E-state index contributed by atoms with van der Waals surface area (Å²) in [5.41, 5.74) is 0.0106. The van der Waals surface area contributed by atoms with E-state index in [4.69, 9.17) is 0 Å². The molecule has 0 saturated heterocycles. The van der Waals surface area contributed by atoms with Crippen LogP contribution in [0.5, 0.6) is 0 Å². The van der Waals surface area contributed by atoms with Crippen molar-refractivity contribution < 1.29 is 13.9 Å². The van der Waals surface area contributed by atoms with Gasteiger partial charge in [-0.05, 0) is 30.3 Å². The van der Waals surface area contributed by atoms with Crippen molar-refractivity contribution >= 4 is 47.8 Å². The number of rotatable bonds is 2. The van der Waals surface area contributed by atoms with E-state index in [1.165, 1.54) is 0 Å². The van der Waals surface area contributed by atoms with Crippen LogP contribution in [0.15, 0.2) is 43.7 Å². The third-order valence-corrected chi connectivity index (χ3v) is 4.24. The molecule has 1 N–H and O–H groups in total. The highest BCUT2D eigenvalue weighted by atomic mass is 79.9. The van der Waals surface area contributed by atoms with Crippen molar-refractivity contribution in [2.45, 2.75) is 6.10 Å². The number of halogens is 5. The summed E-state index contributed by atoms with van der Waals surface area (Å²) in [6.45, 7) is 0. The van der Waals surface area contributed by atoms with Crippen molar-refractivity contribution in [2.75, 3.05) is 0 Å². The second kappa shape index (κ2) is 5.99. The fourth-order valence-electron chi connectivity index (χ4n) is 1.69. The first-order valence-corrected chi connectivity index (χ1v) is 7.55. The minimum atomic E-state index is -1.39. The molecule has 0 spiro atoms. The van der Waals surface area contributed by atoms with Crippen molar-refractivity contribution in [2.24, 2.45) is 0 Å². The summed E-state index contributed by atoms with van der Waals surface area (Å²) in [5.74, 6) is -1.60. The Morgan fingerprint density at radius 1 is 0.895 bits per heavy atom. The molecule has 0 fully saturated rings. The van der Waals surface area contributed by atoms with E-state index in [1.54, 1.807) is 18.2 Å². The van der Waals surface area contributed by atoms with Crippen LogP contribution < -0.4 is 0 Å². The minimum Gasteiger partial charge on any atom is -0.383 e. The summed E-state index contributed by atoms with van der Waals surface area (Å²) in [4.78, 5) is 0. The number of aliphatic hydroxyl groups is 1. The van der Waals surface area contributed by atoms with Gasteiger partial charge in [-0.25, -0.2) is 8.78 Å². The van der Waals surface area contributed by atoms with Crippen LogP contribution in [-0.4, -0.2) is 5.11 Å². The lowest BCUT2D eigenvalue weighted by Gasteiger charge is -2.15. The molecule has 0 aliphatic carbocycles. The van der Waals surface area contributed by atoms with E-state index in [9.17, 15) is 13.9 Å². The lowest BCUT2D eigenvalue weighted by Crippen LogP contribution is -2.06. The number of benzene rings is 2. The van der Waals surface area contributed by atoms with E-state index in [1.807, 2.05) is 0 Å². The summed E-state index contributed by atoms with van der Waals surface area (Å²) in [6.07, 6.45) is -1.39. The van der Waals surface area contributed by atoms with Gasteiger partial charge in [0.2, 0.25) is 0 Å². The van der Waals surface area contributed by atoms with Crippen molar-refractivity contribution in [3.63, 3.8) is 0 Å². The lowest BCUT2D eigenvalue weighted by atomic mass is 10.0. The third kappa shape index (κ3) is 3.24. The Hall–Kier alpha value is -0.300. The van der Waals surface area contributed by atoms with Gasteiger partial charge in [0.25, 0.3) is 0 Å². The molecule has 0 radical (unpaired) electrons. The Morgan fingerprint density at radius 2 is 1.47 bits per heavy atom. The van der Waals surface area contributed by atoms with Crippen molar-refractivity contribution in [1.29, 1.82) is 0 Å². The average molecular weight is 457 g/mol. The van der Waals surface area contributed by atoms with E-state index in [-0.39, 0.29) is 10.0 Å². The predicted molar refractivity (Wildman–Crippen MR) is 80.0 cm³/mol. The standard InChI is InChI=1S/C13H7Br3F2O/c14-6-1-2-9(16)8(3-6)13(19)12-10(17)4-7(15)5-11(12)18/h1-5,13,19H. The molecule has 0 heterocycles. The quantitative estimate of drug-likeness (QED) is 0.647. The second-order valence-electron chi connectivity index (χ2n) is 3.85. The molecule has 0 aliphatic rings. The van der Waals surface area contributed by atoms with Crippen molar-refractivity contribution in [1.82, 2.24) is 0 Å². The summed E-state index contributed by atoms with van der Waals surface area (Å²) < 4.78 is 29.2. The first-order chi connectivity index (χ1) is 8.90. The third-order valence-electron chi connectivity index (χ3n) is 2.57. The van der Waals surface area contributed by atoms with Gasteiger partial charge in [0, 0.05) is 19.0 Å². The van der Waals surface area contributed by atoms with Crippen LogP contribution in [-0.2, 0) is 0 Å². The molecule has 0 amide bonds. The molecule has 19 heavy (non-hydrogen) atoms. The normalized spacial score (nSPS) is 12.5. The molecule has 6 heteroatoms. The van der Waals surface area contributed by atoms with Gasteiger partial charge < -0.3 is 5.11 Å². The Bertz CT molecular complexity index is 608. The molecule has 100 valence electrons. The molecule has 0 aromatic heterocycles. The molecule has 2 aromatic rings. The topological polar surface area (TPSA) is 20.2 Å². The highest BCUT2D eigenvalue weighted by Crippen LogP contribution is 2.34. The van der Waals surface area contributed by atoms with Crippen molar-refractivity contribution in [3.05, 3.63) is 66.5 Å². The smallest absolute Gasteiger partial charge is 0.133 e. The Morgan fingerprint density at radius 3 is 2.05 bits per heavy atom. The van der Waals surface area contributed by atoms with Gasteiger partial charge in [0.05, 0.1) is 5.56 Å². The highest BCUT2D eigenvalue weighted by molar-refractivity contribution is 9.11. The monoisotopic (exact) mass is 454 g/mol. The van der Waals surface area contributed by atoms with E-state index in [2.05, 4.69) is 47.8 Å². The molecule has 0 saturated carbocycles. The van der Waals surface area contributed by atoms with Crippen LogP contribution in [0.25, 0.3) is 0 Å². The minimum absolute atomic E-state index is 0.284. The molecule has 2 aromatic carbocycles. The van der Waals surface area contributed by atoms with Gasteiger partial charge in [-0.1, -0.05) is 47.8 Å². The van der Waals surface area contributed by atoms with Gasteiger partial charge in [-0.15, -0.1) is 0 Å². The molecule has 1 unspecified atom stereocenters. The molecule has 1 nitrogen and oxygen atoms in total. The zero-order valence-electron chi connectivity index (χ0n) is 9.30. The molecular formula is C13H7Br3F2O. The van der Waals surface area contributed by atoms with E-state index in [0.717, 1.165) is 12.1 Å². The van der Waals surface area contributed by atoms with Crippen LogP contribution in [0, 0.1) is 11.6 Å². The predicted octanol–water partition coefficient (Wildman–Crippen LogP) is 5.33. The van der Waals surface area contributed by atoms with E-state index < -0.39 is 17.7 Å². The van der Waals surface area contributed by atoms with Gasteiger partial charge in [0.1, 0.15) is 17.7 Å². The van der Waals surface area contributed by atoms with Gasteiger partial charge in [0.15, 0.2) is 0 Å². The molecule has 2 rings (SSSR count). The largest absolute Gasteiger partial charge is 0.383 e. The Labute approximate surface area is 134 Å². The molecule has 1 atom stereocenters. The van der Waals surface area contributed by atoms with Gasteiger partial charge in [-0.3, -0.25) is 0 Å². The van der Waals surface area contributed by atoms with E-state index in [0.29, 0.717) is 14.5 Å². The van der Waals surface area contributed by atoms with Crippen LogP contribution in [0.3, 0.4) is 0 Å². The van der Waals surface area contributed by atoms with Crippen LogP contribution >= 0.6 is 47.8 Å². The molecule has 0 bridgehead atoms. The fraction of sp³-hybridized carbons (Fsp3) is 0.0769. The molecule has 0 aliphatic heterocycles. The molecular weight excluding hydrogens is 450 g/mol. The summed E-state index contributed by atoms with van der Waals surface area (Å²) in [6, 6.07) is 7.29. The van der Waals surface area contributed by atoms with Crippen molar-refractivity contribution in [3.8, 4) is 0 Å². The number of hydrogen-bond donors (Lipinski definition) is 1. The fourth-order valence-corrected chi connectivity index (χ4v) is 2.94. The zero-order chi connectivity index (χ0) is 14.2. The van der Waals surface area contributed by atoms with Crippen LogP contribution in [0.1, 0.15) is 17.2 Å². The first kappa shape index (κ1) is 15.1. The van der Waals surface area contributed by atoms with Crippen LogP contribution in [0.2, 0.25) is 0 Å². The number of hydrogen-bond acceptors (Lipinski definition) is 1. The average Bonchev–Trinajstić information content (AvgIpc) is 2.30. The summed E-state index contributed by atoms with van der Waals surface area (Å²) in [5, 5.41) is 10.2. The lowest BCUT2D eigenvalue weighted by molar-refractivity contribution is 0.208.